The van der Waals surface area contributed by atoms with Gasteiger partial charge in [0.15, 0.2) is 0 Å². The Bertz CT molecular complexity index is 491. The Morgan fingerprint density at radius 2 is 2.00 bits per heavy atom. The molecular formula is C14H18N2OS. The molecular weight excluding hydrogens is 244 g/mol. The first-order valence-corrected chi connectivity index (χ1v) is 6.98. The second-order valence-corrected chi connectivity index (χ2v) is 6.02. The van der Waals surface area contributed by atoms with Crippen molar-refractivity contribution < 1.29 is 4.42 Å². The summed E-state index contributed by atoms with van der Waals surface area (Å²) in [6.45, 7) is 4.97. The van der Waals surface area contributed by atoms with Crippen LogP contribution in [0.25, 0.3) is 11.5 Å². The first-order chi connectivity index (χ1) is 8.69. The summed E-state index contributed by atoms with van der Waals surface area (Å²) < 4.78 is 5.45. The first kappa shape index (κ1) is 13.2. The molecule has 1 aromatic carbocycles. The van der Waals surface area contributed by atoms with Gasteiger partial charge in [-0.25, -0.2) is 4.98 Å². The van der Waals surface area contributed by atoms with E-state index < -0.39 is 0 Å². The van der Waals surface area contributed by atoms with Crippen LogP contribution in [0.4, 0.5) is 0 Å². The van der Waals surface area contributed by atoms with Crippen molar-refractivity contribution in [1.82, 2.24) is 4.98 Å². The van der Waals surface area contributed by atoms with Crippen molar-refractivity contribution in [2.45, 2.75) is 30.4 Å². The summed E-state index contributed by atoms with van der Waals surface area (Å²) >= 11 is 1.85. The van der Waals surface area contributed by atoms with Crippen LogP contribution in [0.15, 0.2) is 39.8 Å². The topological polar surface area (TPSA) is 52.0 Å². The number of rotatable bonds is 5. The summed E-state index contributed by atoms with van der Waals surface area (Å²) in [5.74, 6) is 0.666. The maximum absolute atomic E-state index is 5.49. The number of nitrogens with zero attached hydrogens (tertiary/aromatic N) is 1. The second-order valence-electron chi connectivity index (χ2n) is 4.37. The number of aromatic nitrogens is 1. The van der Waals surface area contributed by atoms with E-state index >= 15 is 0 Å². The van der Waals surface area contributed by atoms with Crippen LogP contribution in [-0.4, -0.2) is 16.8 Å². The SMILES string of the molecule is CC(C)Sc1ccc(-c2nc(CCN)co2)cc1. The van der Waals surface area contributed by atoms with Crippen LogP contribution in [0.1, 0.15) is 19.5 Å². The molecule has 1 aromatic heterocycles. The fraction of sp³-hybridized carbons (Fsp3) is 0.357. The van der Waals surface area contributed by atoms with Crippen LogP contribution in [0.5, 0.6) is 0 Å². The van der Waals surface area contributed by atoms with Crippen molar-refractivity contribution in [2.75, 3.05) is 6.54 Å². The summed E-state index contributed by atoms with van der Waals surface area (Å²) in [5, 5.41) is 0.591. The number of oxazole rings is 1. The summed E-state index contributed by atoms with van der Waals surface area (Å²) in [5.41, 5.74) is 7.41. The quantitative estimate of drug-likeness (QED) is 0.840. The fourth-order valence-electron chi connectivity index (χ4n) is 1.65. The predicted octanol–water partition coefficient (Wildman–Crippen LogP) is 3.34. The second kappa shape index (κ2) is 6.07. The van der Waals surface area contributed by atoms with Gasteiger partial charge in [-0.1, -0.05) is 13.8 Å². The van der Waals surface area contributed by atoms with Crippen molar-refractivity contribution in [3.8, 4) is 11.5 Å². The van der Waals surface area contributed by atoms with Crippen LogP contribution < -0.4 is 5.73 Å². The van der Waals surface area contributed by atoms with Gasteiger partial charge in [-0.05, 0) is 30.8 Å². The van der Waals surface area contributed by atoms with Crippen LogP contribution in [-0.2, 0) is 6.42 Å². The standard InChI is InChI=1S/C14H18N2OS/c1-10(2)18-13-5-3-11(4-6-13)14-16-12(7-8-15)9-17-14/h3-6,9-10H,7-8,15H2,1-2H3. The predicted molar refractivity (Wildman–Crippen MR) is 75.7 cm³/mol. The molecule has 3 nitrogen and oxygen atoms in total. The average molecular weight is 262 g/mol. The molecule has 2 aromatic rings. The Balaban J connectivity index is 2.12. The minimum atomic E-state index is 0.591. The number of benzene rings is 1. The lowest BCUT2D eigenvalue weighted by Gasteiger charge is -2.04. The van der Waals surface area contributed by atoms with E-state index in [0.717, 1.165) is 17.7 Å². The molecule has 0 aliphatic heterocycles. The average Bonchev–Trinajstić information content (AvgIpc) is 2.78. The molecule has 0 amide bonds. The fourth-order valence-corrected chi connectivity index (χ4v) is 2.49. The zero-order valence-electron chi connectivity index (χ0n) is 10.7. The molecule has 2 rings (SSSR count). The highest BCUT2D eigenvalue weighted by molar-refractivity contribution is 7.99. The first-order valence-electron chi connectivity index (χ1n) is 6.10. The van der Waals surface area contributed by atoms with Crippen molar-refractivity contribution in [3.63, 3.8) is 0 Å². The number of hydrogen-bond acceptors (Lipinski definition) is 4. The van der Waals surface area contributed by atoms with E-state index in [0.29, 0.717) is 17.7 Å². The largest absolute Gasteiger partial charge is 0.444 e. The zero-order chi connectivity index (χ0) is 13.0. The Labute approximate surface area is 112 Å². The molecule has 1 heterocycles. The third-order valence-electron chi connectivity index (χ3n) is 2.43. The monoisotopic (exact) mass is 262 g/mol. The molecule has 18 heavy (non-hydrogen) atoms. The Morgan fingerprint density at radius 1 is 1.28 bits per heavy atom. The van der Waals surface area contributed by atoms with Crippen LogP contribution in [0.3, 0.4) is 0 Å². The number of nitrogens with two attached hydrogens (primary N) is 1. The lowest BCUT2D eigenvalue weighted by molar-refractivity contribution is 0.572. The molecule has 0 aliphatic carbocycles. The van der Waals surface area contributed by atoms with Crippen LogP contribution in [0, 0.1) is 0 Å². The van der Waals surface area contributed by atoms with Crippen molar-refractivity contribution >= 4 is 11.8 Å². The Hall–Kier alpha value is -1.26. The maximum Gasteiger partial charge on any atom is 0.226 e. The van der Waals surface area contributed by atoms with Gasteiger partial charge in [0, 0.05) is 22.1 Å². The van der Waals surface area contributed by atoms with Gasteiger partial charge in [-0.15, -0.1) is 11.8 Å². The number of hydrogen-bond donors (Lipinski definition) is 1. The molecule has 2 N–H and O–H groups in total. The smallest absolute Gasteiger partial charge is 0.226 e. The highest BCUT2D eigenvalue weighted by Crippen LogP contribution is 2.26. The van der Waals surface area contributed by atoms with Gasteiger partial charge in [0.05, 0.1) is 5.69 Å². The lowest BCUT2D eigenvalue weighted by Crippen LogP contribution is -2.02. The van der Waals surface area contributed by atoms with Crippen molar-refractivity contribution in [3.05, 3.63) is 36.2 Å². The van der Waals surface area contributed by atoms with Gasteiger partial charge in [-0.2, -0.15) is 0 Å². The zero-order valence-corrected chi connectivity index (χ0v) is 11.5. The van der Waals surface area contributed by atoms with E-state index in [1.165, 1.54) is 4.90 Å². The van der Waals surface area contributed by atoms with Crippen molar-refractivity contribution in [2.24, 2.45) is 5.73 Å². The summed E-state index contributed by atoms with van der Waals surface area (Å²) in [7, 11) is 0. The summed E-state index contributed by atoms with van der Waals surface area (Å²) in [6.07, 6.45) is 2.43. The van der Waals surface area contributed by atoms with E-state index in [-0.39, 0.29) is 0 Å². The van der Waals surface area contributed by atoms with E-state index in [4.69, 9.17) is 10.2 Å². The number of thioether (sulfide) groups is 1. The molecule has 0 fully saturated rings. The van der Waals surface area contributed by atoms with Gasteiger partial charge >= 0.3 is 0 Å². The molecule has 0 atom stereocenters. The Morgan fingerprint density at radius 3 is 2.61 bits per heavy atom. The summed E-state index contributed by atoms with van der Waals surface area (Å²) in [4.78, 5) is 5.67. The minimum absolute atomic E-state index is 0.591. The van der Waals surface area contributed by atoms with E-state index in [1.54, 1.807) is 6.26 Å². The van der Waals surface area contributed by atoms with Gasteiger partial charge in [-0.3, -0.25) is 0 Å². The minimum Gasteiger partial charge on any atom is -0.444 e. The van der Waals surface area contributed by atoms with Gasteiger partial charge < -0.3 is 10.2 Å². The highest BCUT2D eigenvalue weighted by atomic mass is 32.2. The molecule has 0 saturated carbocycles. The molecule has 0 bridgehead atoms. The third kappa shape index (κ3) is 3.37. The molecule has 0 aliphatic rings. The molecule has 96 valence electrons. The highest BCUT2D eigenvalue weighted by Gasteiger charge is 2.06. The van der Waals surface area contributed by atoms with Crippen LogP contribution >= 0.6 is 11.8 Å². The van der Waals surface area contributed by atoms with Gasteiger partial charge in [0.25, 0.3) is 0 Å². The third-order valence-corrected chi connectivity index (χ3v) is 3.44. The van der Waals surface area contributed by atoms with Gasteiger partial charge in [0.1, 0.15) is 6.26 Å². The molecule has 4 heteroatoms. The molecule has 0 saturated heterocycles. The normalized spacial score (nSPS) is 11.1. The molecule has 0 radical (unpaired) electrons. The molecule has 0 unspecified atom stereocenters. The van der Waals surface area contributed by atoms with E-state index in [1.807, 2.05) is 23.9 Å². The maximum atomic E-state index is 5.49. The van der Waals surface area contributed by atoms with Crippen LogP contribution in [0.2, 0.25) is 0 Å². The summed E-state index contributed by atoms with van der Waals surface area (Å²) in [6, 6.07) is 8.30. The molecule has 0 spiro atoms. The van der Waals surface area contributed by atoms with E-state index in [9.17, 15) is 0 Å². The lowest BCUT2D eigenvalue weighted by atomic mass is 10.2. The van der Waals surface area contributed by atoms with Gasteiger partial charge in [0.2, 0.25) is 5.89 Å². The van der Waals surface area contributed by atoms with E-state index in [2.05, 4.69) is 31.0 Å². The van der Waals surface area contributed by atoms with Crippen molar-refractivity contribution in [1.29, 1.82) is 0 Å². The Kier molecular flexibility index (Phi) is 4.44.